The molecule has 0 aromatic carbocycles. The van der Waals surface area contributed by atoms with E-state index in [1.807, 2.05) is 0 Å². The molecule has 0 radical (unpaired) electrons. The fraction of sp³-hybridized carbons (Fsp3) is 0.786. The van der Waals surface area contributed by atoms with Gasteiger partial charge in [0.15, 0.2) is 0 Å². The second kappa shape index (κ2) is 6.93. The fourth-order valence-corrected chi connectivity index (χ4v) is 2.62. The molecule has 0 spiro atoms. The molecular weight excluding hydrogens is 445 g/mol. The lowest BCUT2D eigenvalue weighted by Gasteiger charge is -2.42. The molecule has 29 heavy (non-hydrogen) atoms. The molecule has 2 nitrogen and oxygen atoms in total. The summed E-state index contributed by atoms with van der Waals surface area (Å²) in [7, 11) is 0. The summed E-state index contributed by atoms with van der Waals surface area (Å²) < 4.78 is 171. The summed E-state index contributed by atoms with van der Waals surface area (Å²) >= 11 is 0. The van der Waals surface area contributed by atoms with Gasteiger partial charge in [-0.2, -0.15) is 57.1 Å². The molecule has 1 unspecified atom stereocenters. The molecule has 1 amide bonds. The highest BCUT2D eigenvalue weighted by molar-refractivity contribution is 5.92. The first-order valence-electron chi connectivity index (χ1n) is 7.51. The third-order valence-corrected chi connectivity index (χ3v) is 4.25. The number of amides is 1. The molecule has 1 aliphatic heterocycles. The van der Waals surface area contributed by atoms with Gasteiger partial charge in [-0.05, 0) is 19.8 Å². The number of halogens is 13. The van der Waals surface area contributed by atoms with Gasteiger partial charge in [0.2, 0.25) is 5.91 Å². The van der Waals surface area contributed by atoms with E-state index in [2.05, 4.69) is 6.58 Å². The van der Waals surface area contributed by atoms with E-state index >= 15 is 0 Å². The molecule has 1 rings (SSSR count). The first kappa shape index (κ1) is 25.3. The van der Waals surface area contributed by atoms with Crippen LogP contribution in [0, 0.1) is 0 Å². The SMILES string of the molecule is C=C(C)C(=O)N1CCCC1C(F)(F)C(F)(F)C(F)(F)C(F)(F)C(F)(F)C(F)(F)F. The molecule has 1 atom stereocenters. The van der Waals surface area contributed by atoms with Crippen molar-refractivity contribution >= 4 is 5.91 Å². The van der Waals surface area contributed by atoms with Crippen LogP contribution in [0.4, 0.5) is 57.1 Å². The Kier molecular flexibility index (Phi) is 6.05. The van der Waals surface area contributed by atoms with Crippen LogP contribution in [0.3, 0.4) is 0 Å². The molecule has 0 aliphatic carbocycles. The molecule has 0 bridgehead atoms. The minimum absolute atomic E-state index is 0.105. The first-order chi connectivity index (χ1) is 12.6. The zero-order valence-electron chi connectivity index (χ0n) is 14.2. The summed E-state index contributed by atoms with van der Waals surface area (Å²) in [6.07, 6.45) is -9.09. The summed E-state index contributed by atoms with van der Waals surface area (Å²) in [5.41, 5.74) is -0.531. The van der Waals surface area contributed by atoms with Crippen molar-refractivity contribution < 1.29 is 61.9 Å². The van der Waals surface area contributed by atoms with Gasteiger partial charge in [0.05, 0.1) is 0 Å². The van der Waals surface area contributed by atoms with Gasteiger partial charge in [0.25, 0.3) is 0 Å². The molecule has 1 saturated heterocycles. The Balaban J connectivity index is 3.50. The number of nitrogens with zero attached hydrogens (tertiary/aromatic N) is 1. The maximum Gasteiger partial charge on any atom is 0.460 e. The number of rotatable bonds is 6. The normalized spacial score (nSPS) is 20.2. The van der Waals surface area contributed by atoms with E-state index in [9.17, 15) is 61.9 Å². The van der Waals surface area contributed by atoms with Gasteiger partial charge in [-0.25, -0.2) is 0 Å². The number of alkyl halides is 13. The van der Waals surface area contributed by atoms with E-state index in [1.165, 1.54) is 0 Å². The largest absolute Gasteiger partial charge is 0.460 e. The van der Waals surface area contributed by atoms with E-state index in [0.29, 0.717) is 0 Å². The second-order valence-electron chi connectivity index (χ2n) is 6.36. The van der Waals surface area contributed by atoms with Crippen molar-refractivity contribution in [3.8, 4) is 0 Å². The Hall–Kier alpha value is -1.70. The lowest BCUT2D eigenvalue weighted by atomic mass is 9.89. The van der Waals surface area contributed by atoms with Gasteiger partial charge >= 0.3 is 35.8 Å². The summed E-state index contributed by atoms with van der Waals surface area (Å²) in [6.45, 7) is 3.21. The predicted octanol–water partition coefficient (Wildman–Crippen LogP) is 5.29. The molecule has 170 valence electrons. The predicted molar refractivity (Wildman–Crippen MR) is 70.3 cm³/mol. The maximum atomic E-state index is 14.2. The zero-order chi connectivity index (χ0) is 23.4. The molecule has 1 aliphatic rings. The minimum atomic E-state index is -7.95. The van der Waals surface area contributed by atoms with Crippen molar-refractivity contribution in [3.05, 3.63) is 12.2 Å². The Morgan fingerprint density at radius 1 is 0.793 bits per heavy atom. The average molecular weight is 457 g/mol. The van der Waals surface area contributed by atoms with Crippen LogP contribution in [0.15, 0.2) is 12.2 Å². The van der Waals surface area contributed by atoms with Crippen LogP contribution in [0.2, 0.25) is 0 Å². The number of hydrogen-bond donors (Lipinski definition) is 0. The van der Waals surface area contributed by atoms with Crippen molar-refractivity contribution in [2.75, 3.05) is 6.54 Å². The van der Waals surface area contributed by atoms with E-state index in [-0.39, 0.29) is 4.90 Å². The van der Waals surface area contributed by atoms with Crippen LogP contribution in [-0.2, 0) is 4.79 Å². The van der Waals surface area contributed by atoms with Crippen LogP contribution >= 0.6 is 0 Å². The summed E-state index contributed by atoms with van der Waals surface area (Å²) in [4.78, 5) is 11.6. The molecule has 1 heterocycles. The van der Waals surface area contributed by atoms with Crippen LogP contribution in [0.1, 0.15) is 19.8 Å². The molecule has 0 N–H and O–H groups in total. The quantitative estimate of drug-likeness (QED) is 0.392. The molecule has 0 aromatic rings. The highest BCUT2D eigenvalue weighted by Crippen LogP contribution is 2.61. The minimum Gasteiger partial charge on any atom is -0.330 e. The molecule has 0 aromatic heterocycles. The lowest BCUT2D eigenvalue weighted by Crippen LogP contribution is -2.72. The molecule has 15 heteroatoms. The van der Waals surface area contributed by atoms with Crippen molar-refractivity contribution in [2.45, 2.75) is 61.6 Å². The topological polar surface area (TPSA) is 20.3 Å². The Labute approximate surface area is 154 Å². The number of hydrogen-bond acceptors (Lipinski definition) is 1. The van der Waals surface area contributed by atoms with E-state index in [0.717, 1.165) is 6.92 Å². The number of carbonyl (C=O) groups excluding carboxylic acids is 1. The molecule has 1 fully saturated rings. The van der Waals surface area contributed by atoms with Crippen molar-refractivity contribution in [2.24, 2.45) is 0 Å². The van der Waals surface area contributed by atoms with E-state index in [1.54, 1.807) is 0 Å². The van der Waals surface area contributed by atoms with Crippen molar-refractivity contribution in [1.82, 2.24) is 4.90 Å². The van der Waals surface area contributed by atoms with E-state index < -0.39 is 72.7 Å². The number of carbonyl (C=O) groups is 1. The van der Waals surface area contributed by atoms with Gasteiger partial charge in [0.1, 0.15) is 6.04 Å². The summed E-state index contributed by atoms with van der Waals surface area (Å²) in [6, 6.07) is -3.18. The monoisotopic (exact) mass is 457 g/mol. The van der Waals surface area contributed by atoms with Crippen molar-refractivity contribution in [3.63, 3.8) is 0 Å². The third kappa shape index (κ3) is 3.43. The highest BCUT2D eigenvalue weighted by atomic mass is 19.4. The smallest absolute Gasteiger partial charge is 0.330 e. The highest BCUT2D eigenvalue weighted by Gasteiger charge is 2.91. The zero-order valence-corrected chi connectivity index (χ0v) is 14.2. The van der Waals surface area contributed by atoms with Crippen molar-refractivity contribution in [1.29, 1.82) is 0 Å². The van der Waals surface area contributed by atoms with Crippen LogP contribution in [-0.4, -0.2) is 59.2 Å². The van der Waals surface area contributed by atoms with Crippen LogP contribution in [0.25, 0.3) is 0 Å². The third-order valence-electron chi connectivity index (χ3n) is 4.25. The lowest BCUT2D eigenvalue weighted by molar-refractivity contribution is -0.442. The Morgan fingerprint density at radius 3 is 1.59 bits per heavy atom. The van der Waals surface area contributed by atoms with Gasteiger partial charge in [0, 0.05) is 12.1 Å². The van der Waals surface area contributed by atoms with Gasteiger partial charge in [-0.1, -0.05) is 6.58 Å². The fourth-order valence-electron chi connectivity index (χ4n) is 2.62. The van der Waals surface area contributed by atoms with Crippen LogP contribution < -0.4 is 0 Å². The summed E-state index contributed by atoms with van der Waals surface area (Å²) in [5.74, 6) is -38.7. The van der Waals surface area contributed by atoms with Crippen LogP contribution in [0.5, 0.6) is 0 Å². The standard InChI is InChI=1S/C14H12F13NO/c1-6(2)8(29)28-5-3-4-7(28)9(15,16)10(17,18)11(19,20)12(21,22)13(23,24)14(25,26)27/h7H,1,3-5H2,2H3. The summed E-state index contributed by atoms with van der Waals surface area (Å²) in [5, 5.41) is 0. The molecule has 0 saturated carbocycles. The Bertz CT molecular complexity index is 667. The second-order valence-corrected chi connectivity index (χ2v) is 6.36. The Morgan fingerprint density at radius 2 is 1.21 bits per heavy atom. The maximum absolute atomic E-state index is 14.2. The average Bonchev–Trinajstić information content (AvgIpc) is 3.02. The first-order valence-corrected chi connectivity index (χ1v) is 7.51. The van der Waals surface area contributed by atoms with Gasteiger partial charge < -0.3 is 4.90 Å². The molecular formula is C14H12F13NO. The number of likely N-dealkylation sites (tertiary alicyclic amines) is 1. The van der Waals surface area contributed by atoms with E-state index in [4.69, 9.17) is 0 Å². The van der Waals surface area contributed by atoms with Gasteiger partial charge in [-0.3, -0.25) is 4.79 Å². The van der Waals surface area contributed by atoms with Gasteiger partial charge in [-0.15, -0.1) is 0 Å².